The number of carbonyl (C=O) groups excluding carboxylic acids is 2. The third-order valence-electron chi connectivity index (χ3n) is 4.45. The predicted octanol–water partition coefficient (Wildman–Crippen LogP) is 0.999. The summed E-state index contributed by atoms with van der Waals surface area (Å²) in [5, 5.41) is 5.34. The van der Waals surface area contributed by atoms with Crippen LogP contribution in [0.25, 0.3) is 11.0 Å². The van der Waals surface area contributed by atoms with Crippen molar-refractivity contribution >= 4 is 22.8 Å². The number of nitrogens with one attached hydrogen (secondary N) is 3. The molecule has 28 heavy (non-hydrogen) atoms. The van der Waals surface area contributed by atoms with E-state index < -0.39 is 11.1 Å². The highest BCUT2D eigenvalue weighted by Crippen LogP contribution is 2.12. The second-order valence-corrected chi connectivity index (χ2v) is 6.19. The molecule has 0 saturated heterocycles. The van der Waals surface area contributed by atoms with Crippen LogP contribution in [0.5, 0.6) is 0 Å². The number of benzene rings is 2. The number of aromatic nitrogens is 2. The first-order valence-electron chi connectivity index (χ1n) is 8.80. The summed E-state index contributed by atoms with van der Waals surface area (Å²) in [4.78, 5) is 50.2. The van der Waals surface area contributed by atoms with Crippen molar-refractivity contribution in [3.8, 4) is 0 Å². The Bertz CT molecular complexity index is 1160. The van der Waals surface area contributed by atoms with Crippen LogP contribution in [0, 0.1) is 0 Å². The van der Waals surface area contributed by atoms with Gasteiger partial charge in [-0.1, -0.05) is 12.1 Å². The zero-order valence-electron chi connectivity index (χ0n) is 15.5. The van der Waals surface area contributed by atoms with Crippen LogP contribution < -0.4 is 21.8 Å². The highest BCUT2D eigenvalue weighted by molar-refractivity contribution is 5.97. The van der Waals surface area contributed by atoms with Crippen LogP contribution in [0.1, 0.15) is 33.2 Å². The van der Waals surface area contributed by atoms with E-state index in [-0.39, 0.29) is 18.4 Å². The standard InChI is InChI=1S/C20H20N4O4/c1-3-24-16-9-8-14(10-15(16)23-19(27)20(24)28)18(26)22-11-12-4-6-13(7-5-12)17(25)21-2/h4-10H,3,11H2,1-2H3,(H,21,25)(H,22,26)(H,23,27). The van der Waals surface area contributed by atoms with E-state index in [2.05, 4.69) is 15.6 Å². The van der Waals surface area contributed by atoms with E-state index in [9.17, 15) is 19.2 Å². The predicted molar refractivity (Wildman–Crippen MR) is 106 cm³/mol. The Morgan fingerprint density at radius 3 is 2.32 bits per heavy atom. The third kappa shape index (κ3) is 3.71. The summed E-state index contributed by atoms with van der Waals surface area (Å²) in [5.41, 5.74) is 1.40. The van der Waals surface area contributed by atoms with Crippen molar-refractivity contribution in [2.75, 3.05) is 7.05 Å². The average Bonchev–Trinajstić information content (AvgIpc) is 2.72. The summed E-state index contributed by atoms with van der Waals surface area (Å²) >= 11 is 0. The molecule has 0 spiro atoms. The highest BCUT2D eigenvalue weighted by Gasteiger charge is 2.11. The van der Waals surface area contributed by atoms with Crippen LogP contribution in [-0.2, 0) is 13.1 Å². The van der Waals surface area contributed by atoms with Crippen molar-refractivity contribution in [2.24, 2.45) is 0 Å². The number of rotatable bonds is 5. The number of amides is 2. The van der Waals surface area contributed by atoms with Crippen LogP contribution in [0.4, 0.5) is 0 Å². The molecule has 0 bridgehead atoms. The molecule has 3 rings (SSSR count). The second kappa shape index (κ2) is 7.91. The molecule has 0 atom stereocenters. The average molecular weight is 380 g/mol. The minimum atomic E-state index is -0.719. The SMILES string of the molecule is CCn1c(=O)c(=O)[nH]c2cc(C(=O)NCc3ccc(C(=O)NC)cc3)ccc21. The molecule has 8 nitrogen and oxygen atoms in total. The Labute approximate surface area is 160 Å². The molecule has 3 N–H and O–H groups in total. The van der Waals surface area contributed by atoms with Gasteiger partial charge in [-0.15, -0.1) is 0 Å². The highest BCUT2D eigenvalue weighted by atomic mass is 16.2. The number of hydrogen-bond donors (Lipinski definition) is 3. The molecular weight excluding hydrogens is 360 g/mol. The van der Waals surface area contributed by atoms with Crippen molar-refractivity contribution in [1.82, 2.24) is 20.2 Å². The number of aromatic amines is 1. The lowest BCUT2D eigenvalue weighted by Gasteiger charge is -2.10. The molecule has 3 aromatic rings. The fraction of sp³-hybridized carbons (Fsp3) is 0.200. The molecule has 8 heteroatoms. The first kappa shape index (κ1) is 19.1. The number of hydrogen-bond acceptors (Lipinski definition) is 4. The molecule has 0 fully saturated rings. The minimum Gasteiger partial charge on any atom is -0.355 e. The van der Waals surface area contributed by atoms with Gasteiger partial charge in [-0.2, -0.15) is 0 Å². The zero-order chi connectivity index (χ0) is 20.3. The number of aryl methyl sites for hydroxylation is 1. The molecular formula is C20H20N4O4. The maximum Gasteiger partial charge on any atom is 0.316 e. The van der Waals surface area contributed by atoms with Crippen molar-refractivity contribution in [2.45, 2.75) is 20.0 Å². The second-order valence-electron chi connectivity index (χ2n) is 6.19. The van der Waals surface area contributed by atoms with E-state index in [0.29, 0.717) is 28.7 Å². The molecule has 1 heterocycles. The Kier molecular flexibility index (Phi) is 5.39. The smallest absolute Gasteiger partial charge is 0.316 e. The van der Waals surface area contributed by atoms with Crippen LogP contribution >= 0.6 is 0 Å². The number of carbonyl (C=O) groups is 2. The fourth-order valence-electron chi connectivity index (χ4n) is 2.94. The maximum absolute atomic E-state index is 12.5. The summed E-state index contributed by atoms with van der Waals surface area (Å²) in [6.45, 7) is 2.42. The van der Waals surface area contributed by atoms with Crippen LogP contribution in [0.3, 0.4) is 0 Å². The summed E-state index contributed by atoms with van der Waals surface area (Å²) < 4.78 is 1.36. The van der Waals surface area contributed by atoms with E-state index in [1.807, 2.05) is 0 Å². The Hall–Kier alpha value is -3.68. The summed E-state index contributed by atoms with van der Waals surface area (Å²) in [5.74, 6) is -0.487. The lowest BCUT2D eigenvalue weighted by Crippen LogP contribution is -2.36. The van der Waals surface area contributed by atoms with Gasteiger partial charge in [0.2, 0.25) is 0 Å². The monoisotopic (exact) mass is 380 g/mol. The van der Waals surface area contributed by atoms with Gasteiger partial charge in [0, 0.05) is 31.3 Å². The molecule has 2 aromatic carbocycles. The Morgan fingerprint density at radius 2 is 1.68 bits per heavy atom. The molecule has 144 valence electrons. The van der Waals surface area contributed by atoms with Gasteiger partial charge in [0.05, 0.1) is 11.0 Å². The lowest BCUT2D eigenvalue weighted by atomic mass is 10.1. The molecule has 1 aromatic heterocycles. The van der Waals surface area contributed by atoms with Gasteiger partial charge in [0.1, 0.15) is 0 Å². The number of fused-ring (bicyclic) bond motifs is 1. The molecule has 0 aliphatic heterocycles. The van der Waals surface area contributed by atoms with Crippen molar-refractivity contribution in [3.63, 3.8) is 0 Å². The van der Waals surface area contributed by atoms with Gasteiger partial charge in [-0.05, 0) is 42.8 Å². The molecule has 2 amide bonds. The first-order chi connectivity index (χ1) is 13.4. The summed E-state index contributed by atoms with van der Waals surface area (Å²) in [7, 11) is 1.56. The molecule has 0 radical (unpaired) electrons. The van der Waals surface area contributed by atoms with Gasteiger partial charge in [0.15, 0.2) is 0 Å². The van der Waals surface area contributed by atoms with E-state index in [0.717, 1.165) is 5.56 Å². The normalized spacial score (nSPS) is 10.6. The quantitative estimate of drug-likeness (QED) is 0.573. The first-order valence-corrected chi connectivity index (χ1v) is 8.80. The van der Waals surface area contributed by atoms with Gasteiger partial charge in [-0.3, -0.25) is 19.2 Å². The van der Waals surface area contributed by atoms with E-state index in [1.165, 1.54) is 4.57 Å². The third-order valence-corrected chi connectivity index (χ3v) is 4.45. The molecule has 0 saturated carbocycles. The minimum absolute atomic E-state index is 0.175. The van der Waals surface area contributed by atoms with Gasteiger partial charge < -0.3 is 20.2 Å². The number of nitrogens with zero attached hydrogens (tertiary/aromatic N) is 1. The molecule has 0 unspecified atom stereocenters. The molecule has 0 aliphatic carbocycles. The van der Waals surface area contributed by atoms with Crippen molar-refractivity contribution in [1.29, 1.82) is 0 Å². The summed E-state index contributed by atoms with van der Waals surface area (Å²) in [6, 6.07) is 11.7. The zero-order valence-corrected chi connectivity index (χ0v) is 15.5. The Balaban J connectivity index is 1.78. The Morgan fingerprint density at radius 1 is 1.00 bits per heavy atom. The lowest BCUT2D eigenvalue weighted by molar-refractivity contribution is 0.0946. The maximum atomic E-state index is 12.5. The summed E-state index contributed by atoms with van der Waals surface area (Å²) in [6.07, 6.45) is 0. The van der Waals surface area contributed by atoms with E-state index >= 15 is 0 Å². The number of H-pyrrole nitrogens is 1. The van der Waals surface area contributed by atoms with Gasteiger partial charge in [0.25, 0.3) is 11.8 Å². The van der Waals surface area contributed by atoms with Crippen LogP contribution in [-0.4, -0.2) is 28.4 Å². The fourth-order valence-corrected chi connectivity index (χ4v) is 2.94. The van der Waals surface area contributed by atoms with Crippen LogP contribution in [0.2, 0.25) is 0 Å². The molecule has 0 aliphatic rings. The van der Waals surface area contributed by atoms with E-state index in [4.69, 9.17) is 0 Å². The van der Waals surface area contributed by atoms with Gasteiger partial charge >= 0.3 is 11.1 Å². The van der Waals surface area contributed by atoms with Crippen molar-refractivity contribution in [3.05, 3.63) is 79.9 Å². The van der Waals surface area contributed by atoms with Crippen molar-refractivity contribution < 1.29 is 9.59 Å². The largest absolute Gasteiger partial charge is 0.355 e. The topological polar surface area (TPSA) is 113 Å². The van der Waals surface area contributed by atoms with Crippen LogP contribution in [0.15, 0.2) is 52.1 Å². The van der Waals surface area contributed by atoms with Gasteiger partial charge in [-0.25, -0.2) is 0 Å². The van der Waals surface area contributed by atoms with E-state index in [1.54, 1.807) is 56.4 Å².